The molecule has 0 unspecified atom stereocenters. The maximum atomic E-state index is 13.5. The van der Waals surface area contributed by atoms with Crippen LogP contribution in [-0.4, -0.2) is 22.7 Å². The number of carbonyl (C=O) groups excluding carboxylic acids is 1. The van der Waals surface area contributed by atoms with E-state index in [-0.39, 0.29) is 11.8 Å². The van der Waals surface area contributed by atoms with Crippen molar-refractivity contribution in [1.29, 1.82) is 0 Å². The molecule has 0 aromatic heterocycles. The number of benzene rings is 4. The molecule has 4 aromatic rings. The summed E-state index contributed by atoms with van der Waals surface area (Å²) in [4.78, 5) is 13.5. The van der Waals surface area contributed by atoms with Gasteiger partial charge in [-0.15, -0.1) is 0 Å². The van der Waals surface area contributed by atoms with E-state index in [4.69, 9.17) is 21.4 Å². The SMILES string of the molecule is O=C(c1ccc(Br)cc1)[C@H]1Oc2ccc(Cl)cc2[C@@H]2CC(c3ccc4ccccc4c3)=NN12. The van der Waals surface area contributed by atoms with Crippen LogP contribution in [0.3, 0.4) is 0 Å². The quantitative estimate of drug-likeness (QED) is 0.275. The molecule has 6 heteroatoms. The topological polar surface area (TPSA) is 41.9 Å². The summed E-state index contributed by atoms with van der Waals surface area (Å²) in [5.41, 5.74) is 3.49. The van der Waals surface area contributed by atoms with E-state index in [1.807, 2.05) is 36.4 Å². The zero-order chi connectivity index (χ0) is 22.5. The fraction of sp³-hybridized carbons (Fsp3) is 0.111. The van der Waals surface area contributed by atoms with Gasteiger partial charge in [-0.1, -0.05) is 76.1 Å². The number of hydrazone groups is 1. The van der Waals surface area contributed by atoms with Crippen LogP contribution in [0.1, 0.15) is 33.9 Å². The predicted octanol–water partition coefficient (Wildman–Crippen LogP) is 7.01. The van der Waals surface area contributed by atoms with Crippen LogP contribution in [0.15, 0.2) is 94.5 Å². The highest BCUT2D eigenvalue weighted by molar-refractivity contribution is 9.10. The average molecular weight is 518 g/mol. The van der Waals surface area contributed by atoms with Crippen molar-refractivity contribution in [3.8, 4) is 5.75 Å². The molecule has 2 aliphatic heterocycles. The van der Waals surface area contributed by atoms with Crippen LogP contribution in [0.5, 0.6) is 5.75 Å². The van der Waals surface area contributed by atoms with Crippen LogP contribution in [0.25, 0.3) is 10.8 Å². The Kier molecular flexibility index (Phi) is 4.97. The minimum Gasteiger partial charge on any atom is -0.461 e. The summed E-state index contributed by atoms with van der Waals surface area (Å²) in [6.07, 6.45) is -0.179. The Morgan fingerprint density at radius 3 is 2.58 bits per heavy atom. The molecular formula is C27H18BrClN2O2. The lowest BCUT2D eigenvalue weighted by molar-refractivity contribution is -0.00455. The molecule has 0 bridgehead atoms. The molecule has 2 atom stereocenters. The molecule has 4 aromatic carbocycles. The number of hydrogen-bond donors (Lipinski definition) is 0. The summed E-state index contributed by atoms with van der Waals surface area (Å²) < 4.78 is 7.12. The number of hydrogen-bond acceptors (Lipinski definition) is 4. The summed E-state index contributed by atoms with van der Waals surface area (Å²) in [7, 11) is 0. The van der Waals surface area contributed by atoms with Gasteiger partial charge in [0.2, 0.25) is 5.78 Å². The van der Waals surface area contributed by atoms with Crippen molar-refractivity contribution in [3.63, 3.8) is 0 Å². The fourth-order valence-corrected chi connectivity index (χ4v) is 4.98. The first-order valence-electron chi connectivity index (χ1n) is 10.7. The van der Waals surface area contributed by atoms with Crippen molar-refractivity contribution in [2.75, 3.05) is 0 Å². The van der Waals surface area contributed by atoms with Gasteiger partial charge in [0.15, 0.2) is 0 Å². The van der Waals surface area contributed by atoms with Crippen molar-refractivity contribution in [2.45, 2.75) is 18.7 Å². The number of ketones is 1. The summed E-state index contributed by atoms with van der Waals surface area (Å²) in [6, 6.07) is 27.3. The first kappa shape index (κ1) is 20.5. The van der Waals surface area contributed by atoms with Gasteiger partial charge in [-0.2, -0.15) is 5.10 Å². The van der Waals surface area contributed by atoms with Gasteiger partial charge in [-0.3, -0.25) is 4.79 Å². The first-order chi connectivity index (χ1) is 16.1. The van der Waals surface area contributed by atoms with Crippen LogP contribution in [0, 0.1) is 0 Å². The zero-order valence-electron chi connectivity index (χ0n) is 17.4. The molecule has 0 saturated heterocycles. The highest BCUT2D eigenvalue weighted by Crippen LogP contribution is 2.44. The molecule has 6 rings (SSSR count). The van der Waals surface area contributed by atoms with Crippen LogP contribution < -0.4 is 4.74 Å². The lowest BCUT2D eigenvalue weighted by Crippen LogP contribution is -2.45. The average Bonchev–Trinajstić information content (AvgIpc) is 3.29. The predicted molar refractivity (Wildman–Crippen MR) is 134 cm³/mol. The number of ether oxygens (including phenoxy) is 1. The second-order valence-corrected chi connectivity index (χ2v) is 9.58. The minimum atomic E-state index is -0.845. The van der Waals surface area contributed by atoms with Crippen LogP contribution >= 0.6 is 27.5 Å². The number of rotatable bonds is 3. The fourth-order valence-electron chi connectivity index (χ4n) is 4.53. The van der Waals surface area contributed by atoms with E-state index in [2.05, 4.69) is 46.3 Å². The van der Waals surface area contributed by atoms with Crippen molar-refractivity contribution in [1.82, 2.24) is 5.01 Å². The second kappa shape index (κ2) is 8.01. The molecule has 0 radical (unpaired) electrons. The third-order valence-electron chi connectivity index (χ3n) is 6.19. The Hall–Kier alpha value is -3.15. The Labute approximate surface area is 204 Å². The van der Waals surface area contributed by atoms with Gasteiger partial charge in [0.25, 0.3) is 6.23 Å². The van der Waals surface area contributed by atoms with E-state index < -0.39 is 6.23 Å². The smallest absolute Gasteiger partial charge is 0.251 e. The molecule has 4 nitrogen and oxygen atoms in total. The Balaban J connectivity index is 1.43. The molecule has 2 aliphatic rings. The van der Waals surface area contributed by atoms with Gasteiger partial charge in [0, 0.05) is 27.0 Å². The molecular weight excluding hydrogens is 500 g/mol. The highest BCUT2D eigenvalue weighted by atomic mass is 79.9. The number of nitrogens with zero attached hydrogens (tertiary/aromatic N) is 2. The molecule has 33 heavy (non-hydrogen) atoms. The summed E-state index contributed by atoms with van der Waals surface area (Å²) >= 11 is 9.74. The van der Waals surface area contributed by atoms with E-state index >= 15 is 0 Å². The molecule has 0 amide bonds. The third kappa shape index (κ3) is 3.62. The lowest BCUT2D eigenvalue weighted by Gasteiger charge is -2.37. The molecule has 0 saturated carbocycles. The second-order valence-electron chi connectivity index (χ2n) is 8.23. The van der Waals surface area contributed by atoms with Gasteiger partial charge in [0.1, 0.15) is 5.75 Å². The molecule has 2 heterocycles. The van der Waals surface area contributed by atoms with Crippen molar-refractivity contribution >= 4 is 49.8 Å². The van der Waals surface area contributed by atoms with Crippen LogP contribution in [-0.2, 0) is 0 Å². The molecule has 0 fully saturated rings. The number of carbonyl (C=O) groups is 1. The first-order valence-corrected chi connectivity index (χ1v) is 11.8. The maximum Gasteiger partial charge on any atom is 0.251 e. The maximum absolute atomic E-state index is 13.5. The van der Waals surface area contributed by atoms with Gasteiger partial charge in [-0.05, 0) is 52.7 Å². The summed E-state index contributed by atoms with van der Waals surface area (Å²) in [5.74, 6) is 0.544. The van der Waals surface area contributed by atoms with Crippen molar-refractivity contribution < 1.29 is 9.53 Å². The van der Waals surface area contributed by atoms with Gasteiger partial charge in [0.05, 0.1) is 11.8 Å². The van der Waals surface area contributed by atoms with E-state index in [1.54, 1.807) is 23.2 Å². The normalized spacial score (nSPS) is 19.0. The zero-order valence-corrected chi connectivity index (χ0v) is 19.8. The summed E-state index contributed by atoms with van der Waals surface area (Å²) in [5, 5.41) is 9.68. The van der Waals surface area contributed by atoms with E-state index in [0.717, 1.165) is 26.7 Å². The van der Waals surface area contributed by atoms with Crippen LogP contribution in [0.4, 0.5) is 0 Å². The standard InChI is InChI=1S/C27H18BrClN2O2/c28-20-9-7-17(8-10-20)26(32)27-31-24(22-14-21(29)11-12-25(22)33-27)15-23(30-31)19-6-5-16-3-1-2-4-18(16)13-19/h1-14,24,27H,15H2/t24-,27+/m0/s1. The Bertz CT molecular complexity index is 1430. The van der Waals surface area contributed by atoms with Crippen LogP contribution in [0.2, 0.25) is 5.02 Å². The monoisotopic (exact) mass is 516 g/mol. The molecule has 0 aliphatic carbocycles. The Morgan fingerprint density at radius 2 is 1.76 bits per heavy atom. The molecule has 0 N–H and O–H groups in total. The largest absolute Gasteiger partial charge is 0.461 e. The van der Waals surface area contributed by atoms with Gasteiger partial charge >= 0.3 is 0 Å². The summed E-state index contributed by atoms with van der Waals surface area (Å²) in [6.45, 7) is 0. The van der Waals surface area contributed by atoms with E-state index in [0.29, 0.717) is 22.8 Å². The molecule has 0 spiro atoms. The van der Waals surface area contributed by atoms with E-state index in [9.17, 15) is 4.79 Å². The highest BCUT2D eigenvalue weighted by Gasteiger charge is 2.43. The number of fused-ring (bicyclic) bond motifs is 4. The Morgan fingerprint density at radius 1 is 0.970 bits per heavy atom. The van der Waals surface area contributed by atoms with Crippen molar-refractivity contribution in [3.05, 3.63) is 111 Å². The van der Waals surface area contributed by atoms with Gasteiger partial charge in [-0.25, -0.2) is 5.01 Å². The number of halogens is 2. The van der Waals surface area contributed by atoms with E-state index in [1.165, 1.54) is 5.39 Å². The number of Topliss-reactive ketones (excluding diaryl/α,β-unsaturated/α-hetero) is 1. The lowest BCUT2D eigenvalue weighted by atomic mass is 9.95. The third-order valence-corrected chi connectivity index (χ3v) is 6.95. The molecule has 162 valence electrons. The minimum absolute atomic E-state index is 0.127. The van der Waals surface area contributed by atoms with Gasteiger partial charge < -0.3 is 4.74 Å². The van der Waals surface area contributed by atoms with Crippen molar-refractivity contribution in [2.24, 2.45) is 5.10 Å².